The van der Waals surface area contributed by atoms with Gasteiger partial charge in [0.25, 0.3) is 5.91 Å². The lowest BCUT2D eigenvalue weighted by atomic mass is 10.1. The van der Waals surface area contributed by atoms with Crippen molar-refractivity contribution in [1.82, 2.24) is 5.32 Å². The lowest BCUT2D eigenvalue weighted by Gasteiger charge is -2.06. The van der Waals surface area contributed by atoms with Crippen molar-refractivity contribution in [2.24, 2.45) is 0 Å². The predicted octanol–water partition coefficient (Wildman–Crippen LogP) is 2.49. The van der Waals surface area contributed by atoms with Crippen LogP contribution in [0.4, 0.5) is 4.39 Å². The maximum Gasteiger partial charge on any atom is 0.251 e. The minimum Gasteiger partial charge on any atom is -0.352 e. The zero-order chi connectivity index (χ0) is 11.3. The van der Waals surface area contributed by atoms with Gasteiger partial charge in [0.1, 0.15) is 5.82 Å². The summed E-state index contributed by atoms with van der Waals surface area (Å²) in [7, 11) is 0. The van der Waals surface area contributed by atoms with E-state index in [9.17, 15) is 9.18 Å². The van der Waals surface area contributed by atoms with Crippen LogP contribution in [0, 0.1) is 12.7 Å². The Kier molecular flexibility index (Phi) is 4.56. The van der Waals surface area contributed by atoms with Gasteiger partial charge in [-0.05, 0) is 37.1 Å². The molecule has 15 heavy (non-hydrogen) atoms. The molecule has 0 unspecified atom stereocenters. The number of aryl methyl sites for hydroxylation is 1. The predicted molar refractivity (Wildman–Crippen MR) is 58.8 cm³/mol. The van der Waals surface area contributed by atoms with E-state index in [-0.39, 0.29) is 11.7 Å². The average Bonchev–Trinajstić information content (AvgIpc) is 2.17. The third kappa shape index (κ3) is 3.51. The molecule has 1 aromatic carbocycles. The van der Waals surface area contributed by atoms with Crippen molar-refractivity contribution in [2.45, 2.75) is 13.3 Å². The monoisotopic (exact) mass is 229 g/mol. The van der Waals surface area contributed by atoms with Crippen molar-refractivity contribution in [1.29, 1.82) is 0 Å². The molecule has 0 heterocycles. The maximum atomic E-state index is 12.8. The van der Waals surface area contributed by atoms with Gasteiger partial charge in [0.15, 0.2) is 0 Å². The first-order chi connectivity index (χ1) is 7.15. The van der Waals surface area contributed by atoms with Crippen LogP contribution >= 0.6 is 11.6 Å². The fourth-order valence-corrected chi connectivity index (χ4v) is 1.38. The van der Waals surface area contributed by atoms with E-state index < -0.39 is 0 Å². The largest absolute Gasteiger partial charge is 0.352 e. The minimum absolute atomic E-state index is 0.183. The third-order valence-electron chi connectivity index (χ3n) is 2.03. The smallest absolute Gasteiger partial charge is 0.251 e. The first-order valence-electron chi connectivity index (χ1n) is 4.75. The van der Waals surface area contributed by atoms with Crippen molar-refractivity contribution in [3.05, 3.63) is 35.1 Å². The fourth-order valence-electron chi connectivity index (χ4n) is 1.25. The Morgan fingerprint density at radius 2 is 2.27 bits per heavy atom. The van der Waals surface area contributed by atoms with Crippen LogP contribution in [-0.2, 0) is 0 Å². The molecule has 0 saturated carbocycles. The number of hydrogen-bond donors (Lipinski definition) is 1. The highest BCUT2D eigenvalue weighted by Crippen LogP contribution is 2.09. The summed E-state index contributed by atoms with van der Waals surface area (Å²) >= 11 is 5.48. The zero-order valence-corrected chi connectivity index (χ0v) is 9.27. The minimum atomic E-state index is -0.329. The molecule has 1 amide bonds. The van der Waals surface area contributed by atoms with E-state index in [2.05, 4.69) is 5.32 Å². The van der Waals surface area contributed by atoms with Crippen LogP contribution in [0.15, 0.2) is 18.2 Å². The van der Waals surface area contributed by atoms with Crippen molar-refractivity contribution in [3.63, 3.8) is 0 Å². The molecule has 0 aliphatic rings. The Morgan fingerprint density at radius 1 is 1.53 bits per heavy atom. The number of nitrogens with one attached hydrogen (secondary N) is 1. The Hall–Kier alpha value is -1.09. The van der Waals surface area contributed by atoms with Crippen LogP contribution in [0.25, 0.3) is 0 Å². The Labute approximate surface area is 93.4 Å². The molecular weight excluding hydrogens is 217 g/mol. The SMILES string of the molecule is Cc1cc(F)ccc1C(=O)NCCCCl. The van der Waals surface area contributed by atoms with Crippen molar-refractivity contribution in [2.75, 3.05) is 12.4 Å². The molecule has 0 bridgehead atoms. The number of carbonyl (C=O) groups excluding carboxylic acids is 1. The van der Waals surface area contributed by atoms with Crippen molar-refractivity contribution < 1.29 is 9.18 Å². The first kappa shape index (κ1) is 12.0. The number of benzene rings is 1. The summed E-state index contributed by atoms with van der Waals surface area (Å²) in [4.78, 5) is 11.6. The summed E-state index contributed by atoms with van der Waals surface area (Å²) in [6.07, 6.45) is 0.730. The molecule has 1 aromatic rings. The number of hydrogen-bond acceptors (Lipinski definition) is 1. The molecule has 0 aliphatic heterocycles. The molecule has 1 rings (SSSR count). The topological polar surface area (TPSA) is 29.1 Å². The second kappa shape index (κ2) is 5.71. The molecule has 1 N–H and O–H groups in total. The van der Waals surface area contributed by atoms with Gasteiger partial charge in [0.2, 0.25) is 0 Å². The van der Waals surface area contributed by atoms with Crippen LogP contribution in [0.2, 0.25) is 0 Å². The average molecular weight is 230 g/mol. The second-order valence-corrected chi connectivity index (χ2v) is 3.64. The van der Waals surface area contributed by atoms with Gasteiger partial charge >= 0.3 is 0 Å². The summed E-state index contributed by atoms with van der Waals surface area (Å²) in [5.41, 5.74) is 1.14. The van der Waals surface area contributed by atoms with Gasteiger partial charge in [-0.25, -0.2) is 4.39 Å². The number of amides is 1. The van der Waals surface area contributed by atoms with E-state index in [0.717, 1.165) is 6.42 Å². The normalized spacial score (nSPS) is 10.1. The van der Waals surface area contributed by atoms with Crippen LogP contribution < -0.4 is 5.32 Å². The Balaban J connectivity index is 2.65. The van der Waals surface area contributed by atoms with E-state index >= 15 is 0 Å². The molecular formula is C11H13ClFNO. The van der Waals surface area contributed by atoms with Gasteiger partial charge in [-0.3, -0.25) is 4.79 Å². The first-order valence-corrected chi connectivity index (χ1v) is 5.29. The van der Waals surface area contributed by atoms with E-state index in [1.807, 2.05) is 0 Å². The van der Waals surface area contributed by atoms with Gasteiger partial charge in [-0.2, -0.15) is 0 Å². The lowest BCUT2D eigenvalue weighted by Crippen LogP contribution is -2.25. The van der Waals surface area contributed by atoms with Crippen LogP contribution in [0.3, 0.4) is 0 Å². The van der Waals surface area contributed by atoms with Gasteiger partial charge in [-0.15, -0.1) is 11.6 Å². The quantitative estimate of drug-likeness (QED) is 0.624. The summed E-state index contributed by atoms with van der Waals surface area (Å²) in [5.74, 6) is 0.00490. The van der Waals surface area contributed by atoms with Gasteiger partial charge in [0, 0.05) is 18.0 Å². The zero-order valence-electron chi connectivity index (χ0n) is 8.52. The van der Waals surface area contributed by atoms with Gasteiger partial charge in [0.05, 0.1) is 0 Å². The second-order valence-electron chi connectivity index (χ2n) is 3.26. The molecule has 0 aliphatic carbocycles. The molecule has 0 radical (unpaired) electrons. The van der Waals surface area contributed by atoms with Gasteiger partial charge < -0.3 is 5.32 Å². The van der Waals surface area contributed by atoms with Gasteiger partial charge in [-0.1, -0.05) is 0 Å². The fraction of sp³-hybridized carbons (Fsp3) is 0.364. The van der Waals surface area contributed by atoms with Crippen LogP contribution in [0.1, 0.15) is 22.3 Å². The van der Waals surface area contributed by atoms with E-state index in [1.54, 1.807) is 6.92 Å². The molecule has 0 spiro atoms. The molecule has 0 aromatic heterocycles. The van der Waals surface area contributed by atoms with Crippen molar-refractivity contribution >= 4 is 17.5 Å². The number of halogens is 2. The Bertz CT molecular complexity index is 354. The number of rotatable bonds is 4. The highest BCUT2D eigenvalue weighted by Gasteiger charge is 2.08. The highest BCUT2D eigenvalue weighted by atomic mass is 35.5. The summed E-state index contributed by atoms with van der Waals surface area (Å²) < 4.78 is 12.8. The van der Waals surface area contributed by atoms with E-state index in [4.69, 9.17) is 11.6 Å². The molecule has 4 heteroatoms. The molecule has 0 saturated heterocycles. The van der Waals surface area contributed by atoms with Crippen molar-refractivity contribution in [3.8, 4) is 0 Å². The number of carbonyl (C=O) groups is 1. The van der Waals surface area contributed by atoms with E-state index in [1.165, 1.54) is 18.2 Å². The summed E-state index contributed by atoms with van der Waals surface area (Å²) in [5, 5.41) is 2.71. The third-order valence-corrected chi connectivity index (χ3v) is 2.30. The van der Waals surface area contributed by atoms with Crippen LogP contribution in [-0.4, -0.2) is 18.3 Å². The lowest BCUT2D eigenvalue weighted by molar-refractivity contribution is 0.0953. The molecule has 82 valence electrons. The Morgan fingerprint density at radius 3 is 2.87 bits per heavy atom. The highest BCUT2D eigenvalue weighted by molar-refractivity contribution is 6.17. The summed E-state index contributed by atoms with van der Waals surface area (Å²) in [6, 6.07) is 4.11. The number of alkyl halides is 1. The molecule has 0 fully saturated rings. The standard InChI is InChI=1S/C11H13ClFNO/c1-8-7-9(13)3-4-10(8)11(15)14-6-2-5-12/h3-4,7H,2,5-6H2,1H3,(H,14,15). The summed E-state index contributed by atoms with van der Waals surface area (Å²) in [6.45, 7) is 2.25. The van der Waals surface area contributed by atoms with E-state index in [0.29, 0.717) is 23.6 Å². The molecule has 0 atom stereocenters. The van der Waals surface area contributed by atoms with Crippen LogP contribution in [0.5, 0.6) is 0 Å². The molecule has 2 nitrogen and oxygen atoms in total. The maximum absolute atomic E-state index is 12.8.